The zero-order chi connectivity index (χ0) is 13.4. The highest BCUT2D eigenvalue weighted by Crippen LogP contribution is 2.31. The van der Waals surface area contributed by atoms with Gasteiger partial charge in [-0.05, 0) is 31.6 Å². The Bertz CT molecular complexity index is 676. The van der Waals surface area contributed by atoms with Crippen LogP contribution in [0.15, 0.2) is 42.5 Å². The molecule has 0 aliphatic carbocycles. The van der Waals surface area contributed by atoms with E-state index in [1.165, 1.54) is 11.1 Å². The zero-order valence-electron chi connectivity index (χ0n) is 10.9. The van der Waals surface area contributed by atoms with Crippen LogP contribution in [0.5, 0.6) is 0 Å². The fraction of sp³-hybridized carbons (Fsp3) is 0.118. The number of ether oxygens (including phenoxy) is 1. The van der Waals surface area contributed by atoms with E-state index in [2.05, 4.69) is 32.0 Å². The molecule has 2 aromatic rings. The van der Waals surface area contributed by atoms with Crippen molar-refractivity contribution in [1.82, 2.24) is 0 Å². The molecule has 2 heteroatoms. The normalized spacial score (nSPS) is 15.5. The Morgan fingerprint density at radius 2 is 1.58 bits per heavy atom. The van der Waals surface area contributed by atoms with Crippen LogP contribution in [0.2, 0.25) is 0 Å². The number of hydrogen-bond donors (Lipinski definition) is 0. The number of hydrogen-bond acceptors (Lipinski definition) is 2. The van der Waals surface area contributed by atoms with Crippen molar-refractivity contribution in [2.24, 2.45) is 0 Å². The summed E-state index contributed by atoms with van der Waals surface area (Å²) in [7, 11) is 0. The Labute approximate surface area is 112 Å². The van der Waals surface area contributed by atoms with E-state index in [0.717, 1.165) is 11.1 Å². The number of esters is 1. The third kappa shape index (κ3) is 2.17. The molecule has 0 radical (unpaired) electrons. The van der Waals surface area contributed by atoms with Crippen molar-refractivity contribution >= 4 is 17.8 Å². The molecule has 1 aliphatic heterocycles. The molecule has 0 spiro atoms. The molecule has 0 aromatic heterocycles. The molecule has 2 nitrogen and oxygen atoms in total. The Kier molecular flexibility index (Phi) is 2.71. The molecule has 0 atom stereocenters. The van der Waals surface area contributed by atoms with Gasteiger partial charge in [0.15, 0.2) is 0 Å². The molecule has 0 unspecified atom stereocenters. The van der Waals surface area contributed by atoms with Gasteiger partial charge in [-0.1, -0.05) is 47.5 Å². The van der Waals surface area contributed by atoms with Crippen molar-refractivity contribution in [1.29, 1.82) is 0 Å². The summed E-state index contributed by atoms with van der Waals surface area (Å²) in [5, 5.41) is 0. The second kappa shape index (κ2) is 4.39. The van der Waals surface area contributed by atoms with E-state index >= 15 is 0 Å². The molecule has 0 saturated heterocycles. The predicted octanol–water partition coefficient (Wildman–Crippen LogP) is 3.97. The largest absolute Gasteiger partial charge is 0.422 e. The van der Waals surface area contributed by atoms with Crippen LogP contribution in [0.25, 0.3) is 11.8 Å². The van der Waals surface area contributed by atoms with Gasteiger partial charge in [-0.3, -0.25) is 0 Å². The van der Waals surface area contributed by atoms with Crippen molar-refractivity contribution in [3.63, 3.8) is 0 Å². The summed E-state index contributed by atoms with van der Waals surface area (Å²) in [6.07, 6.45) is 1.92. The van der Waals surface area contributed by atoms with E-state index in [9.17, 15) is 4.79 Å². The summed E-state index contributed by atoms with van der Waals surface area (Å²) in [5.41, 5.74) is 4.95. The van der Waals surface area contributed by atoms with Gasteiger partial charge in [0.05, 0.1) is 5.56 Å². The second-order valence-corrected chi connectivity index (χ2v) is 4.86. The maximum Gasteiger partial charge on any atom is 0.344 e. The van der Waals surface area contributed by atoms with Crippen molar-refractivity contribution in [3.8, 4) is 0 Å². The Balaban J connectivity index is 2.08. The minimum Gasteiger partial charge on any atom is -0.422 e. The van der Waals surface area contributed by atoms with E-state index in [1.54, 1.807) is 6.07 Å². The van der Waals surface area contributed by atoms with Gasteiger partial charge in [0.25, 0.3) is 0 Å². The lowest BCUT2D eigenvalue weighted by atomic mass is 10.0. The summed E-state index contributed by atoms with van der Waals surface area (Å²) in [6, 6.07) is 13.7. The van der Waals surface area contributed by atoms with Gasteiger partial charge >= 0.3 is 5.97 Å². The standard InChI is InChI=1S/C17H14O2/c1-11-7-12(2)9-13(8-11)10-16-14-5-3-4-6-15(14)17(18)19-16/h3-10H,1-2H3/b16-10-. The van der Waals surface area contributed by atoms with Gasteiger partial charge in [-0.15, -0.1) is 0 Å². The van der Waals surface area contributed by atoms with Crippen molar-refractivity contribution in [2.75, 3.05) is 0 Å². The Morgan fingerprint density at radius 3 is 2.26 bits per heavy atom. The van der Waals surface area contributed by atoms with Crippen LogP contribution in [0.3, 0.4) is 0 Å². The van der Waals surface area contributed by atoms with E-state index in [-0.39, 0.29) is 5.97 Å². The molecule has 0 amide bonds. The molecule has 0 saturated carbocycles. The molecule has 0 bridgehead atoms. The van der Waals surface area contributed by atoms with Gasteiger partial charge < -0.3 is 4.74 Å². The fourth-order valence-electron chi connectivity index (χ4n) is 2.44. The molecular weight excluding hydrogens is 236 g/mol. The van der Waals surface area contributed by atoms with Gasteiger partial charge in [0.2, 0.25) is 0 Å². The lowest BCUT2D eigenvalue weighted by molar-refractivity contribution is 0.0717. The molecule has 1 aliphatic rings. The fourth-order valence-corrected chi connectivity index (χ4v) is 2.44. The van der Waals surface area contributed by atoms with Crippen LogP contribution in [0, 0.1) is 13.8 Å². The second-order valence-electron chi connectivity index (χ2n) is 4.86. The van der Waals surface area contributed by atoms with E-state index in [1.807, 2.05) is 24.3 Å². The molecule has 94 valence electrons. The highest BCUT2D eigenvalue weighted by Gasteiger charge is 2.25. The maximum atomic E-state index is 11.7. The van der Waals surface area contributed by atoms with E-state index < -0.39 is 0 Å². The lowest BCUT2D eigenvalue weighted by Gasteiger charge is -2.02. The minimum absolute atomic E-state index is 0.272. The summed E-state index contributed by atoms with van der Waals surface area (Å²) < 4.78 is 5.34. The summed E-state index contributed by atoms with van der Waals surface area (Å²) in [4.78, 5) is 11.7. The van der Waals surface area contributed by atoms with Crippen LogP contribution in [-0.2, 0) is 4.74 Å². The third-order valence-corrected chi connectivity index (χ3v) is 3.16. The highest BCUT2D eigenvalue weighted by atomic mass is 16.5. The van der Waals surface area contributed by atoms with E-state index in [4.69, 9.17) is 4.74 Å². The number of fused-ring (bicyclic) bond motifs is 1. The van der Waals surface area contributed by atoms with Crippen LogP contribution in [0.1, 0.15) is 32.6 Å². The molecule has 0 N–H and O–H groups in total. The molecule has 1 heterocycles. The topological polar surface area (TPSA) is 26.3 Å². The van der Waals surface area contributed by atoms with Gasteiger partial charge in [0.1, 0.15) is 5.76 Å². The average molecular weight is 250 g/mol. The van der Waals surface area contributed by atoms with Crippen LogP contribution >= 0.6 is 0 Å². The first-order valence-electron chi connectivity index (χ1n) is 6.25. The number of aryl methyl sites for hydroxylation is 2. The number of carbonyl (C=O) groups is 1. The number of benzene rings is 2. The number of rotatable bonds is 1. The lowest BCUT2D eigenvalue weighted by Crippen LogP contribution is -1.92. The predicted molar refractivity (Wildman–Crippen MR) is 75.6 cm³/mol. The first-order chi connectivity index (χ1) is 9.13. The van der Waals surface area contributed by atoms with Crippen molar-refractivity contribution in [3.05, 3.63) is 70.3 Å². The van der Waals surface area contributed by atoms with Crippen molar-refractivity contribution in [2.45, 2.75) is 13.8 Å². The quantitative estimate of drug-likeness (QED) is 0.716. The maximum absolute atomic E-state index is 11.7. The number of carbonyl (C=O) groups excluding carboxylic acids is 1. The minimum atomic E-state index is -0.272. The van der Waals surface area contributed by atoms with E-state index in [0.29, 0.717) is 11.3 Å². The number of cyclic esters (lactones) is 1. The third-order valence-electron chi connectivity index (χ3n) is 3.16. The van der Waals surface area contributed by atoms with Gasteiger partial charge in [0, 0.05) is 5.56 Å². The van der Waals surface area contributed by atoms with Crippen LogP contribution in [0.4, 0.5) is 0 Å². The summed E-state index contributed by atoms with van der Waals surface area (Å²) in [6.45, 7) is 4.12. The molecule has 3 rings (SSSR count). The van der Waals surface area contributed by atoms with Gasteiger partial charge in [-0.2, -0.15) is 0 Å². The zero-order valence-corrected chi connectivity index (χ0v) is 10.9. The Morgan fingerprint density at radius 1 is 0.947 bits per heavy atom. The molecule has 0 fully saturated rings. The van der Waals surface area contributed by atoms with Crippen LogP contribution in [-0.4, -0.2) is 5.97 Å². The van der Waals surface area contributed by atoms with Crippen molar-refractivity contribution < 1.29 is 9.53 Å². The van der Waals surface area contributed by atoms with Crippen LogP contribution < -0.4 is 0 Å². The summed E-state index contributed by atoms with van der Waals surface area (Å²) in [5.74, 6) is 0.358. The monoisotopic (exact) mass is 250 g/mol. The molecular formula is C17H14O2. The summed E-state index contributed by atoms with van der Waals surface area (Å²) >= 11 is 0. The molecule has 2 aromatic carbocycles. The first-order valence-corrected chi connectivity index (χ1v) is 6.25. The Hall–Kier alpha value is -2.35. The average Bonchev–Trinajstić information content (AvgIpc) is 2.66. The smallest absolute Gasteiger partial charge is 0.344 e. The highest BCUT2D eigenvalue weighted by molar-refractivity contribution is 6.05. The van der Waals surface area contributed by atoms with Gasteiger partial charge in [-0.25, -0.2) is 4.79 Å². The molecule has 19 heavy (non-hydrogen) atoms. The first kappa shape index (κ1) is 11.7. The SMILES string of the molecule is Cc1cc(C)cc(/C=C2\OC(=O)c3ccccc32)c1.